The third-order valence-electron chi connectivity index (χ3n) is 6.59. The molecule has 0 aliphatic carbocycles. The minimum absolute atomic E-state index is 0.187. The lowest BCUT2D eigenvalue weighted by Crippen LogP contribution is -2.29. The summed E-state index contributed by atoms with van der Waals surface area (Å²) in [7, 11) is 2.12. The van der Waals surface area contributed by atoms with Crippen molar-refractivity contribution in [3.63, 3.8) is 0 Å². The summed E-state index contributed by atoms with van der Waals surface area (Å²) in [5, 5.41) is 6.01. The van der Waals surface area contributed by atoms with Gasteiger partial charge in [0.25, 0.3) is 0 Å². The van der Waals surface area contributed by atoms with E-state index in [9.17, 15) is 4.39 Å². The second-order valence-electron chi connectivity index (χ2n) is 10.2. The van der Waals surface area contributed by atoms with E-state index in [2.05, 4.69) is 80.2 Å². The Morgan fingerprint density at radius 2 is 1.68 bits per heavy atom. The van der Waals surface area contributed by atoms with Crippen molar-refractivity contribution < 1.29 is 8.96 Å². The molecule has 3 heterocycles. The zero-order valence-electron chi connectivity index (χ0n) is 18.7. The normalized spacial score (nSPS) is 13.0. The van der Waals surface area contributed by atoms with Crippen molar-refractivity contribution in [1.82, 2.24) is 4.40 Å². The predicted octanol–water partition coefficient (Wildman–Crippen LogP) is 6.85. The van der Waals surface area contributed by atoms with E-state index in [1.54, 1.807) is 12.1 Å². The van der Waals surface area contributed by atoms with Gasteiger partial charge in [0.1, 0.15) is 12.9 Å². The standard InChI is InChI=1S/C28H26FN2/c1-16-6-8-21-20-9-7-19(29)14-22(20)31-23-13-17(15-28(2,3)4)12-18-10-11-30(5)27(25(18)23)24(16)26(21)31/h6-14H,15H2,1-5H3/q+1. The number of pyridine rings is 2. The summed E-state index contributed by atoms with van der Waals surface area (Å²) in [5.74, 6) is -0.198. The van der Waals surface area contributed by atoms with Crippen LogP contribution in [0.3, 0.4) is 0 Å². The monoisotopic (exact) mass is 409 g/mol. The second kappa shape index (κ2) is 5.94. The highest BCUT2D eigenvalue weighted by Crippen LogP contribution is 2.41. The van der Waals surface area contributed by atoms with Gasteiger partial charge in [0.05, 0.1) is 27.3 Å². The molecule has 0 fully saturated rings. The van der Waals surface area contributed by atoms with Crippen molar-refractivity contribution in [3.8, 4) is 0 Å². The highest BCUT2D eigenvalue weighted by molar-refractivity contribution is 6.25. The average Bonchev–Trinajstić information content (AvgIpc) is 3.01. The first-order valence-corrected chi connectivity index (χ1v) is 10.9. The van der Waals surface area contributed by atoms with Crippen LogP contribution in [0.2, 0.25) is 0 Å². The first kappa shape index (κ1) is 18.6. The summed E-state index contributed by atoms with van der Waals surface area (Å²) in [6.45, 7) is 9.00. The number of hydrogen-bond acceptors (Lipinski definition) is 0. The molecule has 0 saturated carbocycles. The highest BCUT2D eigenvalue weighted by atomic mass is 19.1. The van der Waals surface area contributed by atoms with Gasteiger partial charge >= 0.3 is 0 Å². The van der Waals surface area contributed by atoms with Gasteiger partial charge in [0.15, 0.2) is 6.20 Å². The summed E-state index contributed by atoms with van der Waals surface area (Å²) < 4.78 is 19.0. The van der Waals surface area contributed by atoms with E-state index < -0.39 is 0 Å². The molecule has 6 aromatic rings. The lowest BCUT2D eigenvalue weighted by atomic mass is 9.87. The molecule has 0 aliphatic heterocycles. The molecule has 0 amide bonds. The van der Waals surface area contributed by atoms with Gasteiger partial charge in [-0.15, -0.1) is 0 Å². The molecule has 3 heteroatoms. The van der Waals surface area contributed by atoms with Crippen molar-refractivity contribution in [3.05, 3.63) is 71.7 Å². The zero-order chi connectivity index (χ0) is 21.7. The fourth-order valence-corrected chi connectivity index (χ4v) is 5.46. The highest BCUT2D eigenvalue weighted by Gasteiger charge is 2.24. The van der Waals surface area contributed by atoms with E-state index in [0.29, 0.717) is 0 Å². The Morgan fingerprint density at radius 3 is 2.45 bits per heavy atom. The molecular formula is C28H26FN2+. The molecule has 3 aromatic carbocycles. The molecule has 31 heavy (non-hydrogen) atoms. The maximum atomic E-state index is 14.4. The molecule has 6 rings (SSSR count). The van der Waals surface area contributed by atoms with Crippen molar-refractivity contribution in [2.24, 2.45) is 12.5 Å². The minimum atomic E-state index is -0.198. The molecule has 3 aromatic heterocycles. The minimum Gasteiger partial charge on any atom is -0.307 e. The molecule has 0 N–H and O–H groups in total. The third-order valence-corrected chi connectivity index (χ3v) is 6.59. The van der Waals surface area contributed by atoms with Gasteiger partial charge in [-0.25, -0.2) is 8.96 Å². The summed E-state index contributed by atoms with van der Waals surface area (Å²) >= 11 is 0. The van der Waals surface area contributed by atoms with E-state index >= 15 is 0 Å². The molecule has 0 saturated heterocycles. The zero-order valence-corrected chi connectivity index (χ0v) is 18.7. The first-order chi connectivity index (χ1) is 14.7. The van der Waals surface area contributed by atoms with Crippen LogP contribution in [0, 0.1) is 18.2 Å². The van der Waals surface area contributed by atoms with Crippen LogP contribution in [0.5, 0.6) is 0 Å². The summed E-state index contributed by atoms with van der Waals surface area (Å²) in [4.78, 5) is 0. The van der Waals surface area contributed by atoms with E-state index in [4.69, 9.17) is 0 Å². The Kier molecular flexibility index (Phi) is 3.56. The quantitative estimate of drug-likeness (QED) is 0.159. The van der Waals surface area contributed by atoms with Gasteiger partial charge in [-0.05, 0) is 59.5 Å². The molecule has 0 atom stereocenters. The van der Waals surface area contributed by atoms with Gasteiger partial charge in [-0.1, -0.05) is 39.0 Å². The average molecular weight is 410 g/mol. The number of halogens is 1. The molecule has 0 spiro atoms. The third kappa shape index (κ3) is 2.52. The van der Waals surface area contributed by atoms with Crippen molar-refractivity contribution >= 4 is 49.0 Å². The summed E-state index contributed by atoms with van der Waals surface area (Å²) in [6.07, 6.45) is 3.16. The molecule has 0 aliphatic rings. The van der Waals surface area contributed by atoms with Crippen LogP contribution in [0.4, 0.5) is 4.39 Å². The van der Waals surface area contributed by atoms with E-state index in [1.165, 1.54) is 43.7 Å². The maximum absolute atomic E-state index is 14.4. The van der Waals surface area contributed by atoms with Crippen LogP contribution in [0.15, 0.2) is 54.7 Å². The van der Waals surface area contributed by atoms with Crippen LogP contribution in [0.25, 0.3) is 49.0 Å². The van der Waals surface area contributed by atoms with Gasteiger partial charge in [-0.3, -0.25) is 0 Å². The summed E-state index contributed by atoms with van der Waals surface area (Å²) in [5.41, 5.74) is 7.27. The Morgan fingerprint density at radius 1 is 0.903 bits per heavy atom. The predicted molar refractivity (Wildman–Crippen MR) is 128 cm³/mol. The molecule has 0 unspecified atom stereocenters. The van der Waals surface area contributed by atoms with Crippen LogP contribution in [-0.2, 0) is 13.5 Å². The molecule has 0 bridgehead atoms. The number of benzene rings is 3. The first-order valence-electron chi connectivity index (χ1n) is 10.9. The van der Waals surface area contributed by atoms with Crippen molar-refractivity contribution in [2.75, 3.05) is 0 Å². The van der Waals surface area contributed by atoms with E-state index in [0.717, 1.165) is 22.8 Å². The molecule has 0 radical (unpaired) electrons. The smallest absolute Gasteiger partial charge is 0.224 e. The Labute approximate surface area is 180 Å². The number of fused-ring (bicyclic) bond motifs is 5. The fraction of sp³-hybridized carbons (Fsp3) is 0.250. The topological polar surface area (TPSA) is 8.29 Å². The van der Waals surface area contributed by atoms with Gasteiger partial charge < -0.3 is 4.40 Å². The molecule has 2 nitrogen and oxygen atoms in total. The molecule has 154 valence electrons. The van der Waals surface area contributed by atoms with E-state index in [-0.39, 0.29) is 11.2 Å². The van der Waals surface area contributed by atoms with E-state index in [1.807, 2.05) is 6.07 Å². The Hall–Kier alpha value is -3.20. The van der Waals surface area contributed by atoms with Crippen molar-refractivity contribution in [2.45, 2.75) is 34.1 Å². The van der Waals surface area contributed by atoms with Crippen LogP contribution < -0.4 is 4.57 Å². The second-order valence-corrected chi connectivity index (χ2v) is 10.2. The van der Waals surface area contributed by atoms with Gasteiger partial charge in [0, 0.05) is 16.8 Å². The van der Waals surface area contributed by atoms with Gasteiger partial charge in [0.2, 0.25) is 5.52 Å². The van der Waals surface area contributed by atoms with Crippen LogP contribution >= 0.6 is 0 Å². The van der Waals surface area contributed by atoms with Crippen molar-refractivity contribution in [1.29, 1.82) is 0 Å². The van der Waals surface area contributed by atoms with Crippen LogP contribution in [0.1, 0.15) is 31.9 Å². The maximum Gasteiger partial charge on any atom is 0.224 e. The lowest BCUT2D eigenvalue weighted by Gasteiger charge is -2.20. The van der Waals surface area contributed by atoms with Gasteiger partial charge in [-0.2, -0.15) is 0 Å². The van der Waals surface area contributed by atoms with Crippen LogP contribution in [-0.4, -0.2) is 4.40 Å². The summed E-state index contributed by atoms with van der Waals surface area (Å²) in [6, 6.07) is 16.4. The SMILES string of the molecule is Cc1ccc2c3ccc(F)cc3n3c4cc(CC(C)(C)C)cc5cc[n+](C)c(c1c23)c54. The lowest BCUT2D eigenvalue weighted by molar-refractivity contribution is -0.643. The number of hydrogen-bond donors (Lipinski definition) is 0. The number of aromatic nitrogens is 2. The Bertz CT molecular complexity index is 1660. The number of rotatable bonds is 1. The largest absolute Gasteiger partial charge is 0.307 e. The number of aryl methyl sites for hydroxylation is 2. The fourth-order valence-electron chi connectivity index (χ4n) is 5.46. The Balaban J connectivity index is 1.98. The number of nitrogens with zero attached hydrogens (tertiary/aromatic N) is 2. The molecular weight excluding hydrogens is 383 g/mol.